The Morgan fingerprint density at radius 1 is 1.03 bits per heavy atom. The predicted octanol–water partition coefficient (Wildman–Crippen LogP) is 4.35. The molecule has 182 valence electrons. The predicted molar refractivity (Wildman–Crippen MR) is 142 cm³/mol. The van der Waals surface area contributed by atoms with Gasteiger partial charge < -0.3 is 16.0 Å². The van der Waals surface area contributed by atoms with Crippen molar-refractivity contribution in [2.24, 2.45) is 0 Å². The Hall–Kier alpha value is -3.79. The molecule has 3 heterocycles. The normalized spacial score (nSPS) is 11.4. The van der Waals surface area contributed by atoms with Gasteiger partial charge in [-0.3, -0.25) is 9.78 Å². The van der Waals surface area contributed by atoms with Crippen LogP contribution in [0.5, 0.6) is 0 Å². The van der Waals surface area contributed by atoms with Gasteiger partial charge in [-0.05, 0) is 24.6 Å². The van der Waals surface area contributed by atoms with Crippen LogP contribution in [0, 0.1) is 5.82 Å². The standard InChI is InChI=1S/C25H26FN7O.H2S/c1-4-28-21-9-8-16(12-30-21)20-10-22(33-14-32-20)29-11-15(2)17-6-5-7-18-23(25(34)27-3)19(26)13-31-24(17)18;/h5-10,12-15H,4,11H2,1-3H3,(H,27,34)(H,28,30)(H,29,32,33);1H2/t15-;/m1./s1. The summed E-state index contributed by atoms with van der Waals surface area (Å²) in [5.41, 5.74) is 3.17. The average Bonchev–Trinajstić information content (AvgIpc) is 2.87. The number of hydrogen-bond acceptors (Lipinski definition) is 7. The second kappa shape index (κ2) is 11.6. The molecule has 0 saturated heterocycles. The van der Waals surface area contributed by atoms with Crippen molar-refractivity contribution < 1.29 is 9.18 Å². The molecule has 1 amide bonds. The zero-order valence-corrected chi connectivity index (χ0v) is 20.8. The molecule has 35 heavy (non-hydrogen) atoms. The molecule has 1 atom stereocenters. The van der Waals surface area contributed by atoms with Gasteiger partial charge in [0.25, 0.3) is 5.91 Å². The molecule has 0 bridgehead atoms. The molecule has 3 aromatic heterocycles. The number of anilines is 2. The van der Waals surface area contributed by atoms with Gasteiger partial charge in [-0.1, -0.05) is 25.1 Å². The SMILES string of the molecule is CCNc1ccc(-c2cc(NC[C@@H](C)c3cccc4c(C(=O)NC)c(F)cnc34)ncn2)cn1.S. The molecule has 10 heteroatoms. The molecule has 4 rings (SSSR count). The van der Waals surface area contributed by atoms with Crippen LogP contribution in [0.1, 0.15) is 35.7 Å². The molecule has 4 aromatic rings. The molecule has 0 aliphatic heterocycles. The van der Waals surface area contributed by atoms with E-state index in [9.17, 15) is 9.18 Å². The minimum absolute atomic E-state index is 0. The van der Waals surface area contributed by atoms with Crippen LogP contribution in [0.15, 0.2) is 55.1 Å². The number of carbonyl (C=O) groups excluding carboxylic acids is 1. The summed E-state index contributed by atoms with van der Waals surface area (Å²) in [6.07, 6.45) is 4.39. The van der Waals surface area contributed by atoms with E-state index in [2.05, 4.69) is 35.9 Å². The monoisotopic (exact) mass is 493 g/mol. The maximum absolute atomic E-state index is 14.3. The van der Waals surface area contributed by atoms with Gasteiger partial charge in [-0.25, -0.2) is 19.3 Å². The fraction of sp³-hybridized carbons (Fsp3) is 0.240. The van der Waals surface area contributed by atoms with Gasteiger partial charge in [0.1, 0.15) is 18.0 Å². The van der Waals surface area contributed by atoms with Gasteiger partial charge in [0, 0.05) is 49.3 Å². The summed E-state index contributed by atoms with van der Waals surface area (Å²) in [7, 11) is 1.48. The van der Waals surface area contributed by atoms with Crippen molar-refractivity contribution in [3.8, 4) is 11.3 Å². The number of amides is 1. The highest BCUT2D eigenvalue weighted by atomic mass is 32.1. The number of halogens is 1. The third-order valence-corrected chi connectivity index (χ3v) is 5.54. The molecular weight excluding hydrogens is 465 g/mol. The molecule has 3 N–H and O–H groups in total. The Morgan fingerprint density at radius 2 is 1.86 bits per heavy atom. The van der Waals surface area contributed by atoms with Gasteiger partial charge in [0.2, 0.25) is 0 Å². The van der Waals surface area contributed by atoms with Crippen LogP contribution in [-0.2, 0) is 0 Å². The Balaban J connectivity index is 0.00000342. The number of hydrogen-bond donors (Lipinski definition) is 3. The van der Waals surface area contributed by atoms with Crippen molar-refractivity contribution in [1.29, 1.82) is 0 Å². The summed E-state index contributed by atoms with van der Waals surface area (Å²) in [6, 6.07) is 11.2. The van der Waals surface area contributed by atoms with E-state index >= 15 is 0 Å². The maximum atomic E-state index is 14.3. The molecule has 0 aliphatic rings. The topological polar surface area (TPSA) is 105 Å². The minimum atomic E-state index is -0.642. The fourth-order valence-electron chi connectivity index (χ4n) is 3.79. The quantitative estimate of drug-likeness (QED) is 0.335. The molecule has 1 aromatic carbocycles. The first-order chi connectivity index (χ1) is 16.5. The van der Waals surface area contributed by atoms with E-state index in [0.29, 0.717) is 23.3 Å². The van der Waals surface area contributed by atoms with E-state index in [-0.39, 0.29) is 25.0 Å². The van der Waals surface area contributed by atoms with Crippen LogP contribution in [0.2, 0.25) is 0 Å². The lowest BCUT2D eigenvalue weighted by Crippen LogP contribution is -2.20. The van der Waals surface area contributed by atoms with Crippen molar-refractivity contribution in [3.05, 3.63) is 72.1 Å². The molecule has 0 aliphatic carbocycles. The van der Waals surface area contributed by atoms with Crippen molar-refractivity contribution in [2.45, 2.75) is 19.8 Å². The zero-order valence-electron chi connectivity index (χ0n) is 19.8. The van der Waals surface area contributed by atoms with Gasteiger partial charge in [0.05, 0.1) is 23.0 Å². The number of pyridine rings is 2. The number of para-hydroxylation sites is 1. The van der Waals surface area contributed by atoms with E-state index < -0.39 is 11.7 Å². The summed E-state index contributed by atoms with van der Waals surface area (Å²) in [4.78, 5) is 29.6. The fourth-order valence-corrected chi connectivity index (χ4v) is 3.79. The summed E-state index contributed by atoms with van der Waals surface area (Å²) < 4.78 is 14.3. The molecule has 8 nitrogen and oxygen atoms in total. The van der Waals surface area contributed by atoms with E-state index in [0.717, 1.165) is 35.4 Å². The first-order valence-electron chi connectivity index (χ1n) is 11.1. The number of nitrogens with zero attached hydrogens (tertiary/aromatic N) is 4. The highest BCUT2D eigenvalue weighted by molar-refractivity contribution is 7.59. The molecule has 0 fully saturated rings. The van der Waals surface area contributed by atoms with Crippen molar-refractivity contribution in [2.75, 3.05) is 30.8 Å². The lowest BCUT2D eigenvalue weighted by atomic mass is 9.96. The molecular formula is C25H28FN7OS. The van der Waals surface area contributed by atoms with Crippen molar-refractivity contribution in [1.82, 2.24) is 25.3 Å². The minimum Gasteiger partial charge on any atom is -0.370 e. The van der Waals surface area contributed by atoms with Crippen LogP contribution >= 0.6 is 13.5 Å². The maximum Gasteiger partial charge on any atom is 0.254 e. The Labute approximate surface area is 210 Å². The largest absolute Gasteiger partial charge is 0.370 e. The van der Waals surface area contributed by atoms with E-state index in [4.69, 9.17) is 0 Å². The highest BCUT2D eigenvalue weighted by Crippen LogP contribution is 2.28. The van der Waals surface area contributed by atoms with Crippen molar-refractivity contribution >= 4 is 41.9 Å². The molecule has 0 saturated carbocycles. The summed E-state index contributed by atoms with van der Waals surface area (Å²) in [5.74, 6) is 0.387. The zero-order chi connectivity index (χ0) is 24.1. The third-order valence-electron chi connectivity index (χ3n) is 5.54. The van der Waals surface area contributed by atoms with Crippen LogP contribution < -0.4 is 16.0 Å². The van der Waals surface area contributed by atoms with Gasteiger partial charge >= 0.3 is 0 Å². The number of rotatable bonds is 8. The second-order valence-electron chi connectivity index (χ2n) is 7.84. The lowest BCUT2D eigenvalue weighted by molar-refractivity contribution is 0.0960. The first kappa shape index (κ1) is 25.8. The van der Waals surface area contributed by atoms with Crippen molar-refractivity contribution in [3.63, 3.8) is 0 Å². The first-order valence-corrected chi connectivity index (χ1v) is 11.1. The number of benzene rings is 1. The van der Waals surface area contributed by atoms with Crippen LogP contribution in [0.25, 0.3) is 22.2 Å². The third kappa shape index (κ3) is 5.65. The van der Waals surface area contributed by atoms with Gasteiger partial charge in [-0.2, -0.15) is 13.5 Å². The number of nitrogens with one attached hydrogen (secondary N) is 3. The summed E-state index contributed by atoms with van der Waals surface area (Å²) >= 11 is 0. The van der Waals surface area contributed by atoms with Crippen LogP contribution in [0.3, 0.4) is 0 Å². The Kier molecular flexibility index (Phi) is 8.53. The summed E-state index contributed by atoms with van der Waals surface area (Å²) in [5, 5.41) is 9.50. The van der Waals surface area contributed by atoms with E-state index in [1.165, 1.54) is 13.4 Å². The van der Waals surface area contributed by atoms with Crippen LogP contribution in [-0.4, -0.2) is 46.0 Å². The van der Waals surface area contributed by atoms with Gasteiger partial charge in [-0.15, -0.1) is 0 Å². The Bertz CT molecular complexity index is 1320. The Morgan fingerprint density at radius 3 is 2.57 bits per heavy atom. The van der Waals surface area contributed by atoms with E-state index in [1.807, 2.05) is 44.2 Å². The number of fused-ring (bicyclic) bond motifs is 1. The smallest absolute Gasteiger partial charge is 0.254 e. The lowest BCUT2D eigenvalue weighted by Gasteiger charge is -2.17. The number of carbonyl (C=O) groups is 1. The van der Waals surface area contributed by atoms with Crippen LogP contribution in [0.4, 0.5) is 16.0 Å². The van der Waals surface area contributed by atoms with Gasteiger partial charge in [0.15, 0.2) is 5.82 Å². The molecule has 0 radical (unpaired) electrons. The average molecular weight is 494 g/mol. The molecule has 0 spiro atoms. The van der Waals surface area contributed by atoms with E-state index in [1.54, 1.807) is 12.3 Å². The highest BCUT2D eigenvalue weighted by Gasteiger charge is 2.19. The molecule has 0 unspecified atom stereocenters. The summed E-state index contributed by atoms with van der Waals surface area (Å²) in [6.45, 7) is 5.42. The number of aromatic nitrogens is 4. The second-order valence-corrected chi connectivity index (χ2v) is 7.84.